The first-order valence-electron chi connectivity index (χ1n) is 16.2. The average Bonchev–Trinajstić information content (AvgIpc) is 3.69. The van der Waals surface area contributed by atoms with Crippen LogP contribution in [0.1, 0.15) is 5.56 Å². The van der Waals surface area contributed by atoms with Gasteiger partial charge in [0.15, 0.2) is 11.4 Å². The van der Waals surface area contributed by atoms with Crippen LogP contribution in [0.25, 0.3) is 86.9 Å². The van der Waals surface area contributed by atoms with E-state index in [1.54, 1.807) is 0 Å². The summed E-state index contributed by atoms with van der Waals surface area (Å²) in [5.41, 5.74) is 12.0. The highest BCUT2D eigenvalue weighted by atomic mass is 15.0. The zero-order chi connectivity index (χ0) is 33.8. The van der Waals surface area contributed by atoms with E-state index in [2.05, 4.69) is 110 Å². The number of fused-ring (bicyclic) bond motifs is 6. The van der Waals surface area contributed by atoms with Gasteiger partial charge in [-0.25, -0.2) is 9.69 Å². The van der Waals surface area contributed by atoms with E-state index in [4.69, 9.17) is 13.1 Å². The van der Waals surface area contributed by atoms with Crippen LogP contribution in [0.4, 0.5) is 11.4 Å². The maximum Gasteiger partial charge on any atom is 0.189 e. The summed E-state index contributed by atoms with van der Waals surface area (Å²) in [4.78, 5) is 7.47. The van der Waals surface area contributed by atoms with Crippen LogP contribution in [-0.2, 0) is 0 Å². The van der Waals surface area contributed by atoms with Gasteiger partial charge in [-0.05, 0) is 77.4 Å². The highest BCUT2D eigenvalue weighted by Crippen LogP contribution is 2.40. The molecule has 7 aromatic carbocycles. The lowest BCUT2D eigenvalue weighted by molar-refractivity contribution is 1.18. The molecule has 5 nitrogen and oxygen atoms in total. The minimum absolute atomic E-state index is 0.559. The van der Waals surface area contributed by atoms with Crippen LogP contribution in [0, 0.1) is 24.5 Å². The molecule has 0 saturated heterocycles. The van der Waals surface area contributed by atoms with Gasteiger partial charge in [-0.2, -0.15) is 5.26 Å². The molecule has 0 unspecified atom stereocenters. The molecule has 0 spiro atoms. The van der Waals surface area contributed by atoms with Gasteiger partial charge in [0.05, 0.1) is 41.3 Å². The van der Waals surface area contributed by atoms with Crippen LogP contribution in [0.2, 0.25) is 0 Å². The number of nitriles is 1. The van der Waals surface area contributed by atoms with Crippen molar-refractivity contribution in [1.29, 1.82) is 5.26 Å². The maximum atomic E-state index is 9.64. The van der Waals surface area contributed by atoms with Crippen LogP contribution >= 0.6 is 0 Å². The standard InChI is InChI=1S/C45H25N5/c1-47-33-17-21-36(44(26-33)50-42-13-6-4-11-38(42)40-24-29(28-46)14-23-43(40)50)32-9-7-8-31(25-32)30-15-19-35(20-16-30)49-41-12-5-3-10-37(41)39-22-18-34(48-2)27-45(39)49/h3-27H. The third kappa shape index (κ3) is 4.45. The van der Waals surface area contributed by atoms with Gasteiger partial charge in [0.1, 0.15) is 0 Å². The molecule has 0 aliphatic heterocycles. The monoisotopic (exact) mass is 635 g/mol. The first-order valence-corrected chi connectivity index (χ1v) is 16.2. The second kappa shape index (κ2) is 11.4. The molecule has 2 aromatic heterocycles. The molecule has 9 rings (SSSR count). The number of hydrogen-bond acceptors (Lipinski definition) is 1. The van der Waals surface area contributed by atoms with Crippen molar-refractivity contribution in [2.45, 2.75) is 0 Å². The fourth-order valence-electron chi connectivity index (χ4n) is 7.30. The minimum atomic E-state index is 0.559. The number of para-hydroxylation sites is 2. The Hall–Kier alpha value is -7.39. The van der Waals surface area contributed by atoms with E-state index in [9.17, 15) is 5.26 Å². The number of aromatic nitrogens is 2. The Kier molecular flexibility index (Phi) is 6.56. The summed E-state index contributed by atoms with van der Waals surface area (Å²) in [6.07, 6.45) is 0. The number of rotatable bonds is 4. The molecule has 0 saturated carbocycles. The quantitative estimate of drug-likeness (QED) is 0.177. The van der Waals surface area contributed by atoms with Gasteiger partial charge in [-0.1, -0.05) is 91.0 Å². The fraction of sp³-hybridized carbons (Fsp3) is 0. The van der Waals surface area contributed by atoms with E-state index in [0.29, 0.717) is 16.9 Å². The van der Waals surface area contributed by atoms with Crippen LogP contribution < -0.4 is 0 Å². The molecule has 0 N–H and O–H groups in total. The average molecular weight is 636 g/mol. The van der Waals surface area contributed by atoms with Crippen molar-refractivity contribution in [3.8, 4) is 39.7 Å². The van der Waals surface area contributed by atoms with E-state index < -0.39 is 0 Å². The number of nitrogens with zero attached hydrogens (tertiary/aromatic N) is 5. The Morgan fingerprint density at radius 1 is 0.460 bits per heavy atom. The Balaban J connectivity index is 1.17. The molecule has 230 valence electrons. The molecule has 0 radical (unpaired) electrons. The van der Waals surface area contributed by atoms with Crippen molar-refractivity contribution in [3.05, 3.63) is 180 Å². The lowest BCUT2D eigenvalue weighted by Gasteiger charge is -2.16. The molecule has 0 amide bonds. The van der Waals surface area contributed by atoms with Gasteiger partial charge >= 0.3 is 0 Å². The second-order valence-electron chi connectivity index (χ2n) is 12.3. The molecule has 0 aliphatic rings. The Bertz CT molecular complexity index is 2960. The van der Waals surface area contributed by atoms with Crippen LogP contribution in [-0.4, -0.2) is 9.13 Å². The van der Waals surface area contributed by atoms with Crippen LogP contribution in [0.3, 0.4) is 0 Å². The van der Waals surface area contributed by atoms with Gasteiger partial charge in [0.25, 0.3) is 0 Å². The summed E-state index contributed by atoms with van der Waals surface area (Å²) in [5, 5.41) is 14.0. The van der Waals surface area contributed by atoms with Crippen molar-refractivity contribution in [1.82, 2.24) is 9.13 Å². The third-order valence-corrected chi connectivity index (χ3v) is 9.57. The molecule has 9 aromatic rings. The Morgan fingerprint density at radius 2 is 1.10 bits per heavy atom. The number of benzene rings is 7. The second-order valence-corrected chi connectivity index (χ2v) is 12.3. The van der Waals surface area contributed by atoms with E-state index in [-0.39, 0.29) is 0 Å². The smallest absolute Gasteiger partial charge is 0.189 e. The first-order chi connectivity index (χ1) is 24.6. The maximum absolute atomic E-state index is 9.64. The van der Waals surface area contributed by atoms with Gasteiger partial charge in [0, 0.05) is 44.0 Å². The molecule has 50 heavy (non-hydrogen) atoms. The highest BCUT2D eigenvalue weighted by molar-refractivity contribution is 6.11. The van der Waals surface area contributed by atoms with Crippen molar-refractivity contribution < 1.29 is 0 Å². The van der Waals surface area contributed by atoms with Gasteiger partial charge in [0.2, 0.25) is 0 Å². The van der Waals surface area contributed by atoms with E-state index >= 15 is 0 Å². The molecular formula is C45H25N5. The van der Waals surface area contributed by atoms with Crippen molar-refractivity contribution in [3.63, 3.8) is 0 Å². The summed E-state index contributed by atoms with van der Waals surface area (Å²) >= 11 is 0. The van der Waals surface area contributed by atoms with E-state index in [0.717, 1.165) is 77.2 Å². The summed E-state index contributed by atoms with van der Waals surface area (Å²) in [6, 6.07) is 53.5. The molecule has 5 heteroatoms. The normalized spacial score (nSPS) is 11.1. The SMILES string of the molecule is [C-]#[N+]c1ccc(-c2cccc(-c3ccc(-n4c5ccccc5c5ccc([N+]#[C-])cc54)cc3)c2)c(-n2c3ccccc3c3cc(C#N)ccc32)c1. The number of hydrogen-bond donors (Lipinski definition) is 0. The molecule has 0 aliphatic carbocycles. The topological polar surface area (TPSA) is 42.4 Å². The summed E-state index contributed by atoms with van der Waals surface area (Å²) in [7, 11) is 0. The predicted octanol–water partition coefficient (Wildman–Crippen LogP) is 12.2. The minimum Gasteiger partial charge on any atom is -0.311 e. The summed E-state index contributed by atoms with van der Waals surface area (Å²) in [6.45, 7) is 15.4. The van der Waals surface area contributed by atoms with Crippen LogP contribution in [0.5, 0.6) is 0 Å². The lowest BCUT2D eigenvalue weighted by atomic mass is 9.97. The predicted molar refractivity (Wildman–Crippen MR) is 203 cm³/mol. The molecule has 0 atom stereocenters. The lowest BCUT2D eigenvalue weighted by Crippen LogP contribution is -1.97. The third-order valence-electron chi connectivity index (χ3n) is 9.57. The molecule has 0 fully saturated rings. The van der Waals surface area contributed by atoms with Crippen molar-refractivity contribution in [2.24, 2.45) is 0 Å². The van der Waals surface area contributed by atoms with Gasteiger partial charge in [-0.15, -0.1) is 0 Å². The summed E-state index contributed by atoms with van der Waals surface area (Å²) in [5.74, 6) is 0. The van der Waals surface area contributed by atoms with E-state index in [1.165, 1.54) is 0 Å². The summed E-state index contributed by atoms with van der Waals surface area (Å²) < 4.78 is 4.44. The van der Waals surface area contributed by atoms with Crippen molar-refractivity contribution in [2.75, 3.05) is 0 Å². The van der Waals surface area contributed by atoms with Crippen LogP contribution in [0.15, 0.2) is 152 Å². The molecule has 2 heterocycles. The molecular weight excluding hydrogens is 611 g/mol. The molecule has 0 bridgehead atoms. The first kappa shape index (κ1) is 28.8. The van der Waals surface area contributed by atoms with Crippen molar-refractivity contribution >= 4 is 55.0 Å². The van der Waals surface area contributed by atoms with E-state index in [1.807, 2.05) is 66.7 Å². The Labute approximate surface area is 288 Å². The Morgan fingerprint density at radius 3 is 1.86 bits per heavy atom. The fourth-order valence-corrected chi connectivity index (χ4v) is 7.30. The largest absolute Gasteiger partial charge is 0.311 e. The van der Waals surface area contributed by atoms with Gasteiger partial charge in [-0.3, -0.25) is 0 Å². The van der Waals surface area contributed by atoms with Gasteiger partial charge < -0.3 is 9.13 Å². The zero-order valence-corrected chi connectivity index (χ0v) is 26.7. The zero-order valence-electron chi connectivity index (χ0n) is 26.7. The highest BCUT2D eigenvalue weighted by Gasteiger charge is 2.18.